The summed E-state index contributed by atoms with van der Waals surface area (Å²) in [6.07, 6.45) is 5.80. The predicted molar refractivity (Wildman–Crippen MR) is 55.5 cm³/mol. The van der Waals surface area contributed by atoms with E-state index in [-0.39, 0.29) is 22.8 Å². The van der Waals surface area contributed by atoms with Crippen molar-refractivity contribution in [3.63, 3.8) is 0 Å². The monoisotopic (exact) mass is 231 g/mol. The first-order chi connectivity index (χ1) is 5.24. The third kappa shape index (κ3) is 2.81. The van der Waals surface area contributed by atoms with Crippen LogP contribution in [0, 0.1) is 0 Å². The van der Waals surface area contributed by atoms with Crippen LogP contribution in [0.4, 0.5) is 0 Å². The van der Waals surface area contributed by atoms with Gasteiger partial charge in [-0.15, -0.1) is 17.0 Å². The van der Waals surface area contributed by atoms with Crippen molar-refractivity contribution in [1.82, 2.24) is 4.90 Å². The van der Waals surface area contributed by atoms with Gasteiger partial charge < -0.3 is 4.90 Å². The zero-order chi connectivity index (χ0) is 8.27. The first-order valence-corrected chi connectivity index (χ1v) is 3.87. The largest absolute Gasteiger partial charge is 0.374 e. The van der Waals surface area contributed by atoms with Gasteiger partial charge in [-0.3, -0.25) is 4.79 Å². The molecule has 1 aliphatic rings. The normalized spacial score (nSPS) is 15.2. The van der Waals surface area contributed by atoms with Crippen LogP contribution in [-0.2, 0) is 4.79 Å². The highest BCUT2D eigenvalue weighted by Crippen LogP contribution is 2.06. The Morgan fingerprint density at radius 3 is 2.67 bits per heavy atom. The van der Waals surface area contributed by atoms with E-state index < -0.39 is 0 Å². The molecule has 3 heteroatoms. The number of ketones is 1. The van der Waals surface area contributed by atoms with Crippen LogP contribution in [0.5, 0.6) is 0 Å². The molecular formula is C9H14BrNO. The second kappa shape index (κ2) is 5.14. The van der Waals surface area contributed by atoms with Crippen LogP contribution >= 0.6 is 17.0 Å². The van der Waals surface area contributed by atoms with Crippen molar-refractivity contribution >= 4 is 22.8 Å². The molecule has 0 amide bonds. The Bertz CT molecular complexity index is 221. The Kier molecular flexibility index (Phi) is 4.90. The number of nitrogens with zero attached hydrogens (tertiary/aromatic N) is 1. The lowest BCUT2D eigenvalue weighted by Crippen LogP contribution is -2.20. The number of rotatable bonds is 2. The van der Waals surface area contributed by atoms with E-state index in [2.05, 4.69) is 11.8 Å². The molecule has 0 saturated heterocycles. The lowest BCUT2D eigenvalue weighted by molar-refractivity contribution is -0.113. The highest BCUT2D eigenvalue weighted by Gasteiger charge is 2.04. The number of hydrogen-bond acceptors (Lipinski definition) is 2. The Labute approximate surface area is 83.7 Å². The highest BCUT2D eigenvalue weighted by molar-refractivity contribution is 8.93. The molecule has 0 bridgehead atoms. The van der Waals surface area contributed by atoms with Crippen LogP contribution in [0.3, 0.4) is 0 Å². The molecule has 0 aromatic rings. The first-order valence-electron chi connectivity index (χ1n) is 3.87. The van der Waals surface area contributed by atoms with Gasteiger partial charge in [-0.1, -0.05) is 6.08 Å². The van der Waals surface area contributed by atoms with E-state index in [9.17, 15) is 4.79 Å². The maximum Gasteiger partial charge on any atom is 0.159 e. The maximum absolute atomic E-state index is 10.9. The van der Waals surface area contributed by atoms with Crippen LogP contribution in [0.15, 0.2) is 23.9 Å². The standard InChI is InChI=1S/C9H13NO.BrH/c1-3-10-6-4-9(5-7-10)8(2)11;/h4-6H,3,7H2,1-2H3;1H. The topological polar surface area (TPSA) is 20.3 Å². The molecule has 0 spiro atoms. The van der Waals surface area contributed by atoms with Crippen molar-refractivity contribution in [3.05, 3.63) is 23.9 Å². The van der Waals surface area contributed by atoms with Crippen molar-refractivity contribution in [2.24, 2.45) is 0 Å². The molecule has 2 nitrogen and oxygen atoms in total. The quantitative estimate of drug-likeness (QED) is 0.725. The highest BCUT2D eigenvalue weighted by atomic mass is 79.9. The molecule has 0 saturated carbocycles. The van der Waals surface area contributed by atoms with Gasteiger partial charge in [-0.05, 0) is 19.9 Å². The van der Waals surface area contributed by atoms with Gasteiger partial charge in [-0.2, -0.15) is 0 Å². The van der Waals surface area contributed by atoms with Crippen LogP contribution in [0.1, 0.15) is 13.8 Å². The average Bonchev–Trinajstić information content (AvgIpc) is 2.05. The molecule has 1 rings (SSSR count). The number of carbonyl (C=O) groups excluding carboxylic acids is 1. The fourth-order valence-electron chi connectivity index (χ4n) is 1.03. The molecule has 0 aromatic heterocycles. The predicted octanol–water partition coefficient (Wildman–Crippen LogP) is 1.93. The van der Waals surface area contributed by atoms with Crippen LogP contribution in [0.25, 0.3) is 0 Å². The minimum atomic E-state index is 0. The average molecular weight is 232 g/mol. The van der Waals surface area contributed by atoms with E-state index in [4.69, 9.17) is 0 Å². The third-order valence-corrected chi connectivity index (χ3v) is 1.82. The lowest BCUT2D eigenvalue weighted by atomic mass is 10.1. The zero-order valence-electron chi connectivity index (χ0n) is 7.41. The second-order valence-corrected chi connectivity index (χ2v) is 2.62. The zero-order valence-corrected chi connectivity index (χ0v) is 9.12. The van der Waals surface area contributed by atoms with E-state index in [0.717, 1.165) is 18.7 Å². The van der Waals surface area contributed by atoms with E-state index in [1.807, 2.05) is 18.4 Å². The molecule has 12 heavy (non-hydrogen) atoms. The number of Topliss-reactive ketones (excluding diaryl/α,β-unsaturated/α-hetero) is 1. The molecule has 1 aliphatic heterocycles. The molecule has 0 fully saturated rings. The molecule has 0 unspecified atom stereocenters. The van der Waals surface area contributed by atoms with Gasteiger partial charge in [0.1, 0.15) is 0 Å². The SMILES string of the molecule is Br.CCN1C=CC(C(C)=O)=CC1. The summed E-state index contributed by atoms with van der Waals surface area (Å²) in [5.41, 5.74) is 0.828. The summed E-state index contributed by atoms with van der Waals surface area (Å²) in [6.45, 7) is 5.55. The summed E-state index contributed by atoms with van der Waals surface area (Å²) >= 11 is 0. The smallest absolute Gasteiger partial charge is 0.159 e. The molecule has 1 heterocycles. The molecule has 0 aromatic carbocycles. The van der Waals surface area contributed by atoms with Crippen LogP contribution in [-0.4, -0.2) is 23.8 Å². The summed E-state index contributed by atoms with van der Waals surface area (Å²) in [4.78, 5) is 13.0. The summed E-state index contributed by atoms with van der Waals surface area (Å²) < 4.78 is 0. The number of halogens is 1. The minimum Gasteiger partial charge on any atom is -0.374 e. The number of carbonyl (C=O) groups is 1. The van der Waals surface area contributed by atoms with Crippen molar-refractivity contribution in [1.29, 1.82) is 0 Å². The van der Waals surface area contributed by atoms with Gasteiger partial charge in [0.15, 0.2) is 5.78 Å². The Balaban J connectivity index is 0.00000121. The van der Waals surface area contributed by atoms with E-state index in [1.165, 1.54) is 0 Å². The number of likely N-dealkylation sites (N-methyl/N-ethyl adjacent to an activating group) is 1. The van der Waals surface area contributed by atoms with Crippen molar-refractivity contribution in [2.75, 3.05) is 13.1 Å². The Hall–Kier alpha value is -0.570. The molecule has 0 N–H and O–H groups in total. The fraction of sp³-hybridized carbons (Fsp3) is 0.444. The van der Waals surface area contributed by atoms with Crippen molar-refractivity contribution in [3.8, 4) is 0 Å². The number of hydrogen-bond donors (Lipinski definition) is 0. The first kappa shape index (κ1) is 11.4. The summed E-state index contributed by atoms with van der Waals surface area (Å²) in [7, 11) is 0. The molecule has 0 atom stereocenters. The fourth-order valence-corrected chi connectivity index (χ4v) is 1.03. The molecular weight excluding hydrogens is 218 g/mol. The summed E-state index contributed by atoms with van der Waals surface area (Å²) in [6, 6.07) is 0. The van der Waals surface area contributed by atoms with Gasteiger partial charge in [0, 0.05) is 24.9 Å². The lowest BCUT2D eigenvalue weighted by Gasteiger charge is -2.19. The van der Waals surface area contributed by atoms with Crippen molar-refractivity contribution in [2.45, 2.75) is 13.8 Å². The summed E-state index contributed by atoms with van der Waals surface area (Å²) in [5.74, 6) is 0.150. The van der Waals surface area contributed by atoms with Gasteiger partial charge >= 0.3 is 0 Å². The Morgan fingerprint density at radius 2 is 2.33 bits per heavy atom. The number of allylic oxidation sites excluding steroid dienone is 2. The molecule has 0 radical (unpaired) electrons. The Morgan fingerprint density at radius 1 is 1.67 bits per heavy atom. The molecule has 68 valence electrons. The van der Waals surface area contributed by atoms with Crippen LogP contribution in [0.2, 0.25) is 0 Å². The van der Waals surface area contributed by atoms with Gasteiger partial charge in [0.25, 0.3) is 0 Å². The summed E-state index contributed by atoms with van der Waals surface area (Å²) in [5, 5.41) is 0. The van der Waals surface area contributed by atoms with Gasteiger partial charge in [0.05, 0.1) is 0 Å². The third-order valence-electron chi connectivity index (χ3n) is 1.82. The second-order valence-electron chi connectivity index (χ2n) is 2.62. The van der Waals surface area contributed by atoms with E-state index in [1.54, 1.807) is 6.92 Å². The van der Waals surface area contributed by atoms with Gasteiger partial charge in [0.2, 0.25) is 0 Å². The van der Waals surface area contributed by atoms with Crippen LogP contribution < -0.4 is 0 Å². The maximum atomic E-state index is 10.9. The minimum absolute atomic E-state index is 0. The molecule has 0 aliphatic carbocycles. The van der Waals surface area contributed by atoms with E-state index >= 15 is 0 Å². The van der Waals surface area contributed by atoms with Gasteiger partial charge in [-0.25, -0.2) is 0 Å². The van der Waals surface area contributed by atoms with Crippen molar-refractivity contribution < 1.29 is 4.79 Å². The van der Waals surface area contributed by atoms with E-state index in [0.29, 0.717) is 0 Å².